The molecular formula is C11H13NO. The molecule has 1 fully saturated rings. The zero-order valence-corrected chi connectivity index (χ0v) is 7.73. The van der Waals surface area contributed by atoms with E-state index in [-0.39, 0.29) is 11.8 Å². The number of β-lactam (4-membered cyclic amide) rings is 1. The Morgan fingerprint density at radius 2 is 2.08 bits per heavy atom. The predicted octanol–water partition coefficient (Wildman–Crippen LogP) is 1.66. The minimum Gasteiger partial charge on any atom is -0.337 e. The molecule has 0 aromatic heterocycles. The Morgan fingerprint density at radius 1 is 1.38 bits per heavy atom. The van der Waals surface area contributed by atoms with Gasteiger partial charge in [0.1, 0.15) is 0 Å². The first-order chi connectivity index (χ1) is 6.27. The van der Waals surface area contributed by atoms with Gasteiger partial charge < -0.3 is 4.90 Å². The lowest BCUT2D eigenvalue weighted by atomic mass is 10.0. The van der Waals surface area contributed by atoms with E-state index in [1.807, 2.05) is 30.0 Å². The smallest absolute Gasteiger partial charge is 0.227 e. The highest BCUT2D eigenvalue weighted by Gasteiger charge is 2.32. The molecule has 0 bridgehead atoms. The lowest BCUT2D eigenvalue weighted by Gasteiger charge is -2.36. The number of benzene rings is 1. The molecule has 1 aliphatic rings. The van der Waals surface area contributed by atoms with Gasteiger partial charge in [-0.3, -0.25) is 4.79 Å². The van der Waals surface area contributed by atoms with Crippen LogP contribution in [0.3, 0.4) is 0 Å². The van der Waals surface area contributed by atoms with Gasteiger partial charge >= 0.3 is 0 Å². The van der Waals surface area contributed by atoms with Crippen molar-refractivity contribution < 1.29 is 4.79 Å². The molecule has 13 heavy (non-hydrogen) atoms. The average molecular weight is 175 g/mol. The summed E-state index contributed by atoms with van der Waals surface area (Å²) < 4.78 is 0. The molecule has 1 aromatic rings. The maximum absolute atomic E-state index is 11.3. The summed E-state index contributed by atoms with van der Waals surface area (Å²) in [4.78, 5) is 13.2. The van der Waals surface area contributed by atoms with Gasteiger partial charge in [-0.1, -0.05) is 37.3 Å². The van der Waals surface area contributed by atoms with E-state index in [0.29, 0.717) is 0 Å². The largest absolute Gasteiger partial charge is 0.337 e. The number of hydrogen-bond acceptors (Lipinski definition) is 1. The molecule has 0 radical (unpaired) electrons. The monoisotopic (exact) mass is 175 g/mol. The molecule has 1 amide bonds. The van der Waals surface area contributed by atoms with E-state index < -0.39 is 0 Å². The molecule has 0 N–H and O–H groups in total. The molecule has 2 nitrogen and oxygen atoms in total. The van der Waals surface area contributed by atoms with Crippen LogP contribution in [0.1, 0.15) is 12.5 Å². The lowest BCUT2D eigenvalue weighted by molar-refractivity contribution is -0.147. The summed E-state index contributed by atoms with van der Waals surface area (Å²) in [5.41, 5.74) is 1.21. The summed E-state index contributed by atoms with van der Waals surface area (Å²) >= 11 is 0. The molecule has 2 heteroatoms. The number of nitrogens with zero attached hydrogens (tertiary/aromatic N) is 1. The number of likely N-dealkylation sites (tertiary alicyclic amines) is 1. The molecule has 1 saturated heterocycles. The van der Waals surface area contributed by atoms with Crippen molar-refractivity contribution in [1.82, 2.24) is 4.90 Å². The van der Waals surface area contributed by atoms with Gasteiger partial charge in [0.2, 0.25) is 5.91 Å². The number of hydrogen-bond donors (Lipinski definition) is 0. The van der Waals surface area contributed by atoms with Crippen LogP contribution < -0.4 is 0 Å². The van der Waals surface area contributed by atoms with Crippen LogP contribution in [-0.2, 0) is 11.3 Å². The van der Waals surface area contributed by atoms with Crippen molar-refractivity contribution in [2.45, 2.75) is 13.5 Å². The fourth-order valence-electron chi connectivity index (χ4n) is 1.64. The summed E-state index contributed by atoms with van der Waals surface area (Å²) in [5, 5.41) is 0. The molecule has 0 saturated carbocycles. The Hall–Kier alpha value is -1.31. The zero-order chi connectivity index (χ0) is 9.26. The van der Waals surface area contributed by atoms with Crippen molar-refractivity contribution >= 4 is 5.91 Å². The Kier molecular flexibility index (Phi) is 2.05. The van der Waals surface area contributed by atoms with Crippen molar-refractivity contribution in [1.29, 1.82) is 0 Å². The number of rotatable bonds is 2. The van der Waals surface area contributed by atoms with Crippen LogP contribution in [-0.4, -0.2) is 17.4 Å². The first-order valence-electron chi connectivity index (χ1n) is 4.60. The third kappa shape index (κ3) is 1.57. The lowest BCUT2D eigenvalue weighted by Crippen LogP contribution is -2.50. The van der Waals surface area contributed by atoms with Gasteiger partial charge in [-0.25, -0.2) is 0 Å². The van der Waals surface area contributed by atoms with Crippen molar-refractivity contribution in [3.8, 4) is 0 Å². The summed E-state index contributed by atoms with van der Waals surface area (Å²) in [7, 11) is 0. The molecule has 1 atom stereocenters. The second-order valence-electron chi connectivity index (χ2n) is 3.61. The number of carbonyl (C=O) groups is 1. The molecule has 1 aromatic carbocycles. The van der Waals surface area contributed by atoms with Crippen LogP contribution in [0.2, 0.25) is 0 Å². The second kappa shape index (κ2) is 3.21. The molecule has 68 valence electrons. The van der Waals surface area contributed by atoms with Gasteiger partial charge in [0.25, 0.3) is 0 Å². The minimum atomic E-state index is 0.240. The van der Waals surface area contributed by atoms with Gasteiger partial charge in [-0.05, 0) is 5.56 Å². The van der Waals surface area contributed by atoms with Crippen LogP contribution in [0.4, 0.5) is 0 Å². The Bertz CT molecular complexity index is 307. The van der Waals surface area contributed by atoms with E-state index in [4.69, 9.17) is 0 Å². The fraction of sp³-hybridized carbons (Fsp3) is 0.364. The molecule has 2 rings (SSSR count). The third-order valence-corrected chi connectivity index (χ3v) is 2.44. The second-order valence-corrected chi connectivity index (χ2v) is 3.61. The highest BCUT2D eigenvalue weighted by atomic mass is 16.2. The van der Waals surface area contributed by atoms with Crippen molar-refractivity contribution in [3.63, 3.8) is 0 Å². The molecule has 1 heterocycles. The van der Waals surface area contributed by atoms with E-state index >= 15 is 0 Å². The van der Waals surface area contributed by atoms with Gasteiger partial charge in [0.15, 0.2) is 0 Å². The van der Waals surface area contributed by atoms with Crippen LogP contribution in [0.25, 0.3) is 0 Å². The maximum Gasteiger partial charge on any atom is 0.227 e. The van der Waals surface area contributed by atoms with E-state index in [9.17, 15) is 4.79 Å². The summed E-state index contributed by atoms with van der Waals surface area (Å²) in [6.07, 6.45) is 0. The number of amides is 1. The van der Waals surface area contributed by atoms with Crippen LogP contribution in [0.5, 0.6) is 0 Å². The van der Waals surface area contributed by atoms with Crippen LogP contribution >= 0.6 is 0 Å². The summed E-state index contributed by atoms with van der Waals surface area (Å²) in [5.74, 6) is 0.521. The molecule has 0 aliphatic carbocycles. The predicted molar refractivity (Wildman–Crippen MR) is 51.0 cm³/mol. The Morgan fingerprint density at radius 3 is 2.62 bits per heavy atom. The molecule has 0 spiro atoms. The van der Waals surface area contributed by atoms with Crippen molar-refractivity contribution in [3.05, 3.63) is 35.9 Å². The topological polar surface area (TPSA) is 20.3 Å². The quantitative estimate of drug-likeness (QED) is 0.626. The third-order valence-electron chi connectivity index (χ3n) is 2.44. The van der Waals surface area contributed by atoms with E-state index in [1.165, 1.54) is 5.56 Å². The normalized spacial score (nSPS) is 21.5. The molecule has 1 aliphatic heterocycles. The summed E-state index contributed by atoms with van der Waals surface area (Å²) in [6.45, 7) is 3.65. The Balaban J connectivity index is 1.97. The maximum atomic E-state index is 11.3. The first-order valence-corrected chi connectivity index (χ1v) is 4.60. The molecular weight excluding hydrogens is 162 g/mol. The SMILES string of the molecule is C[C@H]1CN(Cc2ccccc2)C1=O. The highest BCUT2D eigenvalue weighted by Crippen LogP contribution is 2.19. The Labute approximate surface area is 78.2 Å². The zero-order valence-electron chi connectivity index (χ0n) is 7.73. The first kappa shape index (κ1) is 8.30. The average Bonchev–Trinajstić information content (AvgIpc) is 2.19. The standard InChI is InChI=1S/C11H13NO/c1-9-7-12(11(9)13)8-10-5-3-2-4-6-10/h2-6,9H,7-8H2,1H3/t9-/m0/s1. The number of carbonyl (C=O) groups excluding carboxylic acids is 1. The van der Waals surface area contributed by atoms with Crippen molar-refractivity contribution in [2.24, 2.45) is 5.92 Å². The van der Waals surface area contributed by atoms with Crippen molar-refractivity contribution in [2.75, 3.05) is 6.54 Å². The van der Waals surface area contributed by atoms with Gasteiger partial charge in [0, 0.05) is 13.1 Å². The van der Waals surface area contributed by atoms with Gasteiger partial charge in [0.05, 0.1) is 5.92 Å². The minimum absolute atomic E-state index is 0.240. The van der Waals surface area contributed by atoms with E-state index in [1.54, 1.807) is 0 Å². The summed E-state index contributed by atoms with van der Waals surface area (Å²) in [6, 6.07) is 10.1. The van der Waals surface area contributed by atoms with E-state index in [0.717, 1.165) is 13.1 Å². The fourth-order valence-corrected chi connectivity index (χ4v) is 1.64. The highest BCUT2D eigenvalue weighted by molar-refractivity contribution is 5.84. The van der Waals surface area contributed by atoms with Crippen LogP contribution in [0, 0.1) is 5.92 Å². The van der Waals surface area contributed by atoms with Crippen LogP contribution in [0.15, 0.2) is 30.3 Å². The van der Waals surface area contributed by atoms with E-state index in [2.05, 4.69) is 12.1 Å². The molecule has 0 unspecified atom stereocenters. The van der Waals surface area contributed by atoms with Gasteiger partial charge in [-0.2, -0.15) is 0 Å². The van der Waals surface area contributed by atoms with Gasteiger partial charge in [-0.15, -0.1) is 0 Å².